The smallest absolute Gasteiger partial charge is 0.241 e. The molecule has 0 aliphatic carbocycles. The van der Waals surface area contributed by atoms with Gasteiger partial charge in [0.15, 0.2) is 0 Å². The van der Waals surface area contributed by atoms with Crippen molar-refractivity contribution >= 4 is 17.5 Å². The van der Waals surface area contributed by atoms with Crippen molar-refractivity contribution in [1.82, 2.24) is 9.80 Å². The molecule has 0 bridgehead atoms. The summed E-state index contributed by atoms with van der Waals surface area (Å²) in [6.07, 6.45) is 1.55. The van der Waals surface area contributed by atoms with Crippen LogP contribution in [0.25, 0.3) is 0 Å². The number of nitrogens with one attached hydrogen (secondary N) is 1. The summed E-state index contributed by atoms with van der Waals surface area (Å²) in [7, 11) is 1.85. The SMILES string of the molecule is CN(CC(=O)N1CCOCC1)C1CCc2ccccc2NC1=O. The van der Waals surface area contributed by atoms with Gasteiger partial charge in [0.05, 0.1) is 25.8 Å². The van der Waals surface area contributed by atoms with Gasteiger partial charge in [-0.1, -0.05) is 18.2 Å². The Morgan fingerprint density at radius 1 is 1.35 bits per heavy atom. The molecule has 0 spiro atoms. The lowest BCUT2D eigenvalue weighted by Gasteiger charge is -2.31. The number of rotatable bonds is 3. The predicted octanol–water partition coefficient (Wildman–Crippen LogP) is 0.730. The molecule has 2 amide bonds. The highest BCUT2D eigenvalue weighted by molar-refractivity contribution is 5.96. The van der Waals surface area contributed by atoms with Gasteiger partial charge in [-0.25, -0.2) is 0 Å². The van der Waals surface area contributed by atoms with Gasteiger partial charge in [0.2, 0.25) is 11.8 Å². The summed E-state index contributed by atoms with van der Waals surface area (Å²) in [5.74, 6) is 0.0255. The zero-order valence-corrected chi connectivity index (χ0v) is 13.5. The number of hydrogen-bond acceptors (Lipinski definition) is 4. The van der Waals surface area contributed by atoms with E-state index >= 15 is 0 Å². The Morgan fingerprint density at radius 2 is 2.09 bits per heavy atom. The van der Waals surface area contributed by atoms with Crippen molar-refractivity contribution in [3.8, 4) is 0 Å². The van der Waals surface area contributed by atoms with Crippen LogP contribution in [0.15, 0.2) is 24.3 Å². The van der Waals surface area contributed by atoms with Gasteiger partial charge in [-0.2, -0.15) is 0 Å². The highest BCUT2D eigenvalue weighted by atomic mass is 16.5. The molecule has 23 heavy (non-hydrogen) atoms. The first-order valence-corrected chi connectivity index (χ1v) is 8.09. The molecule has 3 rings (SSSR count). The summed E-state index contributed by atoms with van der Waals surface area (Å²) in [5, 5.41) is 2.98. The number of fused-ring (bicyclic) bond motifs is 1. The summed E-state index contributed by atoms with van der Waals surface area (Å²) in [5.41, 5.74) is 2.03. The second-order valence-corrected chi connectivity index (χ2v) is 6.11. The van der Waals surface area contributed by atoms with Crippen molar-refractivity contribution in [3.05, 3.63) is 29.8 Å². The molecule has 1 fully saturated rings. The molecule has 6 nitrogen and oxygen atoms in total. The normalized spacial score (nSPS) is 21.6. The van der Waals surface area contributed by atoms with E-state index in [1.165, 1.54) is 0 Å². The third-order valence-electron chi connectivity index (χ3n) is 4.55. The quantitative estimate of drug-likeness (QED) is 0.893. The third kappa shape index (κ3) is 3.71. The minimum absolute atomic E-state index is 0.0350. The fourth-order valence-electron chi connectivity index (χ4n) is 3.16. The summed E-state index contributed by atoms with van der Waals surface area (Å²) in [6, 6.07) is 7.58. The van der Waals surface area contributed by atoms with Crippen molar-refractivity contribution < 1.29 is 14.3 Å². The second-order valence-electron chi connectivity index (χ2n) is 6.11. The standard InChI is InChI=1S/C17H23N3O3/c1-19(12-16(21)20-8-10-23-11-9-20)15-7-6-13-4-2-3-5-14(13)18-17(15)22/h2-5,15H,6-12H2,1H3,(H,18,22). The Hall–Kier alpha value is -1.92. The van der Waals surface area contributed by atoms with Gasteiger partial charge in [0, 0.05) is 18.8 Å². The van der Waals surface area contributed by atoms with Crippen LogP contribution in [0.5, 0.6) is 0 Å². The van der Waals surface area contributed by atoms with Crippen LogP contribution in [-0.2, 0) is 20.7 Å². The number of morpholine rings is 1. The molecule has 1 saturated heterocycles. The molecule has 0 saturated carbocycles. The lowest BCUT2D eigenvalue weighted by atomic mass is 10.1. The molecule has 1 aromatic carbocycles. The van der Waals surface area contributed by atoms with E-state index in [0.717, 1.165) is 24.1 Å². The highest BCUT2D eigenvalue weighted by Gasteiger charge is 2.29. The van der Waals surface area contributed by atoms with Crippen molar-refractivity contribution in [1.29, 1.82) is 0 Å². The molecular formula is C17H23N3O3. The molecule has 1 atom stereocenters. The fraction of sp³-hybridized carbons (Fsp3) is 0.529. The van der Waals surface area contributed by atoms with Gasteiger partial charge in [0.1, 0.15) is 0 Å². The number of para-hydroxylation sites is 1. The van der Waals surface area contributed by atoms with Crippen molar-refractivity contribution in [2.24, 2.45) is 0 Å². The summed E-state index contributed by atoms with van der Waals surface area (Å²) in [4.78, 5) is 28.5. The molecule has 2 aliphatic rings. The average molecular weight is 317 g/mol. The van der Waals surface area contributed by atoms with E-state index < -0.39 is 0 Å². The molecule has 1 aromatic rings. The number of anilines is 1. The first-order chi connectivity index (χ1) is 11.1. The van der Waals surface area contributed by atoms with Crippen LogP contribution >= 0.6 is 0 Å². The Morgan fingerprint density at radius 3 is 2.87 bits per heavy atom. The molecule has 6 heteroatoms. The van der Waals surface area contributed by atoms with Crippen molar-refractivity contribution in [3.63, 3.8) is 0 Å². The fourth-order valence-corrected chi connectivity index (χ4v) is 3.16. The Labute approximate surface area is 136 Å². The third-order valence-corrected chi connectivity index (χ3v) is 4.55. The van der Waals surface area contributed by atoms with Gasteiger partial charge < -0.3 is 15.0 Å². The summed E-state index contributed by atoms with van der Waals surface area (Å²) >= 11 is 0. The molecule has 0 radical (unpaired) electrons. The summed E-state index contributed by atoms with van der Waals surface area (Å²) in [6.45, 7) is 2.71. The van der Waals surface area contributed by atoms with E-state index in [-0.39, 0.29) is 24.4 Å². The van der Waals surface area contributed by atoms with Crippen LogP contribution in [-0.4, -0.2) is 67.6 Å². The van der Waals surface area contributed by atoms with Crippen LogP contribution in [0.3, 0.4) is 0 Å². The number of hydrogen-bond donors (Lipinski definition) is 1. The van der Waals surface area contributed by atoms with Gasteiger partial charge in [-0.05, 0) is 31.5 Å². The van der Waals surface area contributed by atoms with E-state index in [1.54, 1.807) is 0 Å². The first kappa shape index (κ1) is 16.0. The molecule has 2 heterocycles. The minimum atomic E-state index is -0.285. The van der Waals surface area contributed by atoms with Crippen molar-refractivity contribution in [2.45, 2.75) is 18.9 Å². The Kier molecular flexibility index (Phi) is 4.93. The maximum Gasteiger partial charge on any atom is 0.241 e. The van der Waals surface area contributed by atoms with Crippen LogP contribution in [0.1, 0.15) is 12.0 Å². The number of benzene rings is 1. The molecule has 1 N–H and O–H groups in total. The largest absolute Gasteiger partial charge is 0.378 e. The summed E-state index contributed by atoms with van der Waals surface area (Å²) < 4.78 is 5.27. The van der Waals surface area contributed by atoms with Gasteiger partial charge in [-0.3, -0.25) is 14.5 Å². The van der Waals surface area contributed by atoms with E-state index in [4.69, 9.17) is 4.74 Å². The maximum atomic E-state index is 12.5. The zero-order chi connectivity index (χ0) is 16.2. The van der Waals surface area contributed by atoms with Crippen LogP contribution in [0.2, 0.25) is 0 Å². The molecule has 0 aromatic heterocycles. The second kappa shape index (κ2) is 7.10. The number of amides is 2. The van der Waals surface area contributed by atoms with Gasteiger partial charge >= 0.3 is 0 Å². The lowest BCUT2D eigenvalue weighted by molar-refractivity contribution is -0.137. The number of carbonyl (C=O) groups excluding carboxylic acids is 2. The van der Waals surface area contributed by atoms with E-state index in [9.17, 15) is 9.59 Å². The molecule has 1 unspecified atom stereocenters. The van der Waals surface area contributed by atoms with Crippen LogP contribution in [0, 0.1) is 0 Å². The monoisotopic (exact) mass is 317 g/mol. The lowest BCUT2D eigenvalue weighted by Crippen LogP contribution is -2.49. The average Bonchev–Trinajstić information content (AvgIpc) is 2.73. The topological polar surface area (TPSA) is 61.9 Å². The van der Waals surface area contributed by atoms with E-state index in [0.29, 0.717) is 26.3 Å². The minimum Gasteiger partial charge on any atom is -0.378 e. The number of carbonyl (C=O) groups is 2. The number of aryl methyl sites for hydroxylation is 1. The number of ether oxygens (including phenoxy) is 1. The predicted molar refractivity (Wildman–Crippen MR) is 87.2 cm³/mol. The Balaban J connectivity index is 1.62. The highest BCUT2D eigenvalue weighted by Crippen LogP contribution is 2.23. The van der Waals surface area contributed by atoms with Gasteiger partial charge in [-0.15, -0.1) is 0 Å². The Bertz CT molecular complexity index is 584. The van der Waals surface area contributed by atoms with Crippen molar-refractivity contribution in [2.75, 3.05) is 45.2 Å². The number of nitrogens with zero attached hydrogens (tertiary/aromatic N) is 2. The maximum absolute atomic E-state index is 12.5. The molecular weight excluding hydrogens is 294 g/mol. The molecule has 2 aliphatic heterocycles. The zero-order valence-electron chi connectivity index (χ0n) is 13.5. The van der Waals surface area contributed by atoms with E-state index in [2.05, 4.69) is 5.32 Å². The molecule has 124 valence electrons. The van der Waals surface area contributed by atoms with Gasteiger partial charge in [0.25, 0.3) is 0 Å². The van der Waals surface area contributed by atoms with Crippen LogP contribution < -0.4 is 5.32 Å². The number of likely N-dealkylation sites (N-methyl/N-ethyl adjacent to an activating group) is 1. The first-order valence-electron chi connectivity index (χ1n) is 8.09. The van der Waals surface area contributed by atoms with Crippen LogP contribution in [0.4, 0.5) is 5.69 Å². The van der Waals surface area contributed by atoms with E-state index in [1.807, 2.05) is 41.1 Å².